The molecular formula is C28H25N5O4. The van der Waals surface area contributed by atoms with E-state index in [2.05, 4.69) is 20.3 Å². The van der Waals surface area contributed by atoms with Gasteiger partial charge >= 0.3 is 6.01 Å². The van der Waals surface area contributed by atoms with E-state index in [0.29, 0.717) is 29.6 Å². The Labute approximate surface area is 214 Å². The van der Waals surface area contributed by atoms with E-state index in [-0.39, 0.29) is 6.01 Å². The van der Waals surface area contributed by atoms with E-state index in [0.717, 1.165) is 22.7 Å². The lowest BCUT2D eigenvalue weighted by molar-refractivity contribution is 0.402. The van der Waals surface area contributed by atoms with Crippen LogP contribution in [0.1, 0.15) is 5.56 Å². The zero-order valence-corrected chi connectivity index (χ0v) is 20.4. The Balaban J connectivity index is 1.35. The molecule has 0 aliphatic heterocycles. The Morgan fingerprint density at radius 1 is 0.757 bits per heavy atom. The molecule has 0 atom stereocenters. The first-order valence-corrected chi connectivity index (χ1v) is 11.5. The first kappa shape index (κ1) is 23.7. The molecule has 5 aromatic rings. The van der Waals surface area contributed by atoms with Crippen LogP contribution in [0.3, 0.4) is 0 Å². The second-order valence-electron chi connectivity index (χ2n) is 7.92. The minimum absolute atomic E-state index is 0.156. The van der Waals surface area contributed by atoms with Gasteiger partial charge in [-0.05, 0) is 66.2 Å². The molecule has 37 heavy (non-hydrogen) atoms. The van der Waals surface area contributed by atoms with Crippen LogP contribution in [-0.4, -0.2) is 33.7 Å². The molecular weight excluding hydrogens is 470 g/mol. The molecule has 9 heteroatoms. The predicted octanol–water partition coefficient (Wildman–Crippen LogP) is 5.88. The number of hydrogen-bond donors (Lipinski definition) is 1. The van der Waals surface area contributed by atoms with Gasteiger partial charge in [0.2, 0.25) is 5.88 Å². The van der Waals surface area contributed by atoms with Crippen molar-refractivity contribution in [3.05, 3.63) is 103 Å². The summed E-state index contributed by atoms with van der Waals surface area (Å²) in [6.45, 7) is 0.547. The summed E-state index contributed by atoms with van der Waals surface area (Å²) in [6.07, 6.45) is 7.07. The third-order valence-electron chi connectivity index (χ3n) is 5.50. The summed E-state index contributed by atoms with van der Waals surface area (Å²) >= 11 is 0. The van der Waals surface area contributed by atoms with Crippen molar-refractivity contribution in [2.45, 2.75) is 6.54 Å². The molecule has 0 aliphatic carbocycles. The molecule has 0 saturated heterocycles. The minimum Gasteiger partial charge on any atom is -0.497 e. The summed E-state index contributed by atoms with van der Waals surface area (Å²) in [5.74, 6) is 2.97. The third kappa shape index (κ3) is 5.96. The molecule has 3 aromatic carbocycles. The third-order valence-corrected chi connectivity index (χ3v) is 5.50. The number of rotatable bonds is 10. The number of anilines is 1. The summed E-state index contributed by atoms with van der Waals surface area (Å²) in [7, 11) is 3.23. The fourth-order valence-electron chi connectivity index (χ4n) is 3.50. The van der Waals surface area contributed by atoms with Crippen LogP contribution in [0.2, 0.25) is 0 Å². The first-order valence-electron chi connectivity index (χ1n) is 11.5. The lowest BCUT2D eigenvalue weighted by Gasteiger charge is -2.14. The molecule has 2 aromatic heterocycles. The van der Waals surface area contributed by atoms with Crippen molar-refractivity contribution >= 4 is 5.69 Å². The molecule has 0 radical (unpaired) electrons. The van der Waals surface area contributed by atoms with Crippen LogP contribution in [0.15, 0.2) is 97.7 Å². The second-order valence-corrected chi connectivity index (χ2v) is 7.92. The van der Waals surface area contributed by atoms with Gasteiger partial charge in [0.15, 0.2) is 0 Å². The van der Waals surface area contributed by atoms with Crippen molar-refractivity contribution in [2.75, 3.05) is 19.5 Å². The highest BCUT2D eigenvalue weighted by Gasteiger charge is 2.12. The van der Waals surface area contributed by atoms with E-state index < -0.39 is 0 Å². The number of ether oxygens (including phenoxy) is 4. The molecule has 0 saturated carbocycles. The number of nitrogens with one attached hydrogen (secondary N) is 1. The van der Waals surface area contributed by atoms with Crippen molar-refractivity contribution in [2.24, 2.45) is 0 Å². The van der Waals surface area contributed by atoms with Gasteiger partial charge in [0.05, 0.1) is 26.7 Å². The van der Waals surface area contributed by atoms with Crippen molar-refractivity contribution < 1.29 is 18.9 Å². The summed E-state index contributed by atoms with van der Waals surface area (Å²) in [5.41, 5.74) is 2.74. The van der Waals surface area contributed by atoms with Gasteiger partial charge in [0.1, 0.15) is 28.7 Å². The Bertz CT molecular complexity index is 1420. The average Bonchev–Trinajstić information content (AvgIpc) is 3.49. The number of nitrogens with zero attached hydrogens (tertiary/aromatic N) is 4. The smallest absolute Gasteiger partial charge is 0.325 e. The van der Waals surface area contributed by atoms with Crippen LogP contribution < -0.4 is 24.3 Å². The van der Waals surface area contributed by atoms with Crippen molar-refractivity contribution in [3.8, 4) is 40.6 Å². The van der Waals surface area contributed by atoms with E-state index in [1.165, 1.54) is 0 Å². The molecule has 0 unspecified atom stereocenters. The fourth-order valence-corrected chi connectivity index (χ4v) is 3.50. The summed E-state index contributed by atoms with van der Waals surface area (Å²) in [5, 5.41) is 3.37. The second kappa shape index (κ2) is 11.1. The maximum atomic E-state index is 6.10. The average molecular weight is 496 g/mol. The quantitative estimate of drug-likeness (QED) is 0.257. The van der Waals surface area contributed by atoms with Crippen LogP contribution in [0.4, 0.5) is 5.69 Å². The fraction of sp³-hybridized carbons (Fsp3) is 0.107. The van der Waals surface area contributed by atoms with Gasteiger partial charge in [-0.2, -0.15) is 4.98 Å². The van der Waals surface area contributed by atoms with Crippen molar-refractivity contribution in [1.29, 1.82) is 0 Å². The maximum absolute atomic E-state index is 6.10. The summed E-state index contributed by atoms with van der Waals surface area (Å²) < 4.78 is 24.3. The summed E-state index contributed by atoms with van der Waals surface area (Å²) in [4.78, 5) is 13.0. The zero-order chi connectivity index (χ0) is 25.5. The van der Waals surface area contributed by atoms with Gasteiger partial charge in [-0.3, -0.25) is 0 Å². The molecule has 186 valence electrons. The monoisotopic (exact) mass is 495 g/mol. The number of imidazole rings is 1. The molecule has 0 aliphatic rings. The molecule has 5 rings (SSSR count). The molecule has 0 bridgehead atoms. The van der Waals surface area contributed by atoms with E-state index in [1.54, 1.807) is 57.2 Å². The Kier molecular flexibility index (Phi) is 7.12. The van der Waals surface area contributed by atoms with Gasteiger partial charge in [-0.1, -0.05) is 12.1 Å². The molecule has 9 nitrogen and oxygen atoms in total. The topological polar surface area (TPSA) is 92.6 Å². The molecule has 2 heterocycles. The van der Waals surface area contributed by atoms with Crippen LogP contribution in [0.5, 0.6) is 34.9 Å². The van der Waals surface area contributed by atoms with Crippen molar-refractivity contribution in [1.82, 2.24) is 19.5 Å². The highest BCUT2D eigenvalue weighted by Crippen LogP contribution is 2.31. The number of methoxy groups -OCH3 is 2. The van der Waals surface area contributed by atoms with Gasteiger partial charge in [-0.25, -0.2) is 9.97 Å². The van der Waals surface area contributed by atoms with Gasteiger partial charge in [-0.15, -0.1) is 0 Å². The lowest BCUT2D eigenvalue weighted by atomic mass is 10.2. The Hall–Kier alpha value is -5.05. The van der Waals surface area contributed by atoms with Crippen LogP contribution in [0, 0.1) is 0 Å². The zero-order valence-electron chi connectivity index (χ0n) is 20.4. The highest BCUT2D eigenvalue weighted by molar-refractivity contribution is 5.53. The van der Waals surface area contributed by atoms with Gasteiger partial charge in [0.25, 0.3) is 0 Å². The highest BCUT2D eigenvalue weighted by atomic mass is 16.5. The molecule has 0 fully saturated rings. The summed E-state index contributed by atoms with van der Waals surface area (Å²) in [6, 6.07) is 22.8. The minimum atomic E-state index is 0.156. The van der Waals surface area contributed by atoms with Crippen molar-refractivity contribution in [3.63, 3.8) is 0 Å². The van der Waals surface area contributed by atoms with E-state index >= 15 is 0 Å². The standard InChI is InChI=1S/C28H25N5O4/c1-34-22-7-11-24(12-8-22)36-27-26(18-31-28(32-27)37-25-13-9-23(35-2)10-14-25)30-17-20-3-5-21(6-4-20)33-16-15-29-19-33/h3-16,18-19,30H,17H2,1-2H3. The molecule has 0 spiro atoms. The van der Waals surface area contributed by atoms with Crippen LogP contribution in [0.25, 0.3) is 5.69 Å². The predicted molar refractivity (Wildman–Crippen MR) is 139 cm³/mol. The van der Waals surface area contributed by atoms with E-state index in [1.807, 2.05) is 59.3 Å². The normalized spacial score (nSPS) is 10.5. The van der Waals surface area contributed by atoms with Gasteiger partial charge < -0.3 is 28.8 Å². The number of hydrogen-bond acceptors (Lipinski definition) is 8. The first-order chi connectivity index (χ1) is 18.2. The number of aromatic nitrogens is 4. The van der Waals surface area contributed by atoms with Crippen LogP contribution in [-0.2, 0) is 6.54 Å². The molecule has 1 N–H and O–H groups in total. The lowest BCUT2D eigenvalue weighted by Crippen LogP contribution is -2.04. The Morgan fingerprint density at radius 2 is 1.38 bits per heavy atom. The largest absolute Gasteiger partial charge is 0.497 e. The van der Waals surface area contributed by atoms with E-state index in [4.69, 9.17) is 18.9 Å². The van der Waals surface area contributed by atoms with Crippen LogP contribution >= 0.6 is 0 Å². The Morgan fingerprint density at radius 3 is 1.97 bits per heavy atom. The maximum Gasteiger partial charge on any atom is 0.325 e. The number of benzene rings is 3. The van der Waals surface area contributed by atoms with E-state index in [9.17, 15) is 0 Å². The molecule has 0 amide bonds. The SMILES string of the molecule is COc1ccc(Oc2ncc(NCc3ccc(-n4ccnc4)cc3)c(Oc3ccc(OC)cc3)n2)cc1. The van der Waals surface area contributed by atoms with Gasteiger partial charge in [0, 0.05) is 24.6 Å².